The fraction of sp³-hybridized carbons (Fsp3) is 1.00. The van der Waals surface area contributed by atoms with Gasteiger partial charge in [-0.05, 0) is 0 Å². The van der Waals surface area contributed by atoms with E-state index in [1.807, 2.05) is 6.92 Å². The Morgan fingerprint density at radius 3 is 1.53 bits per heavy atom. The molecular weight excluding hydrogens is 371 g/mol. The van der Waals surface area contributed by atoms with Crippen LogP contribution in [-0.2, 0) is 22.1 Å². The highest BCUT2D eigenvalue weighted by atomic mass is 127. The first-order chi connectivity index (χ1) is 8.02. The molecule has 0 saturated heterocycles. The van der Waals surface area contributed by atoms with Crippen molar-refractivity contribution in [1.29, 1.82) is 0 Å². The number of hydrogen-bond donors (Lipinski definition) is 0. The minimum Gasteiger partial charge on any atom is -0.397 e. The molecule has 0 radical (unpaired) electrons. The van der Waals surface area contributed by atoms with E-state index in [1.165, 1.54) is 0 Å². The summed E-state index contributed by atoms with van der Waals surface area (Å²) in [7, 11) is 3.14. The summed E-state index contributed by atoms with van der Waals surface area (Å²) in [5.41, 5.74) is 0. The summed E-state index contributed by atoms with van der Waals surface area (Å²) in [5, 5.41) is 0.0137. The Bertz CT molecular complexity index is 203. The van der Waals surface area contributed by atoms with Crippen LogP contribution in [-0.4, -0.2) is 57.3 Å². The maximum absolute atomic E-state index is 5.71. The average molecular weight is 394 g/mol. The van der Waals surface area contributed by atoms with Gasteiger partial charge in [-0.25, -0.2) is 0 Å². The van der Waals surface area contributed by atoms with Gasteiger partial charge in [-0.1, -0.05) is 29.5 Å². The molecule has 0 aromatic carbocycles. The predicted octanol–water partition coefficient (Wildman–Crippen LogP) is 1.96. The van der Waals surface area contributed by atoms with Gasteiger partial charge < -0.3 is 22.1 Å². The van der Waals surface area contributed by atoms with Gasteiger partial charge in [0.15, 0.2) is 0 Å². The summed E-state index contributed by atoms with van der Waals surface area (Å²) < 4.78 is 28.9. The summed E-state index contributed by atoms with van der Waals surface area (Å²) in [6, 6.07) is 0.882. The molecule has 0 rings (SSSR count). The summed E-state index contributed by atoms with van der Waals surface area (Å²) in [4.78, 5) is 0. The first-order valence-corrected chi connectivity index (χ1v) is 10.8. The van der Waals surface area contributed by atoms with E-state index in [0.717, 1.165) is 10.5 Å². The highest BCUT2D eigenvalue weighted by Gasteiger charge is 2.58. The maximum atomic E-state index is 5.71. The van der Waals surface area contributed by atoms with Crippen LogP contribution in [0.2, 0.25) is 11.2 Å². The molecule has 0 aromatic heterocycles. The summed E-state index contributed by atoms with van der Waals surface area (Å²) in [5.74, 6) is 0. The minimum atomic E-state index is -2.73. The topological polar surface area (TPSA) is 46.2 Å². The van der Waals surface area contributed by atoms with E-state index in [2.05, 4.69) is 22.6 Å². The zero-order chi connectivity index (χ0) is 13.5. The third-order valence-corrected chi connectivity index (χ3v) is 13.5. The molecule has 0 saturated carbocycles. The fourth-order valence-electron chi connectivity index (χ4n) is 2.04. The summed E-state index contributed by atoms with van der Waals surface area (Å²) >= 11 is 2.32. The third-order valence-electron chi connectivity index (χ3n) is 3.18. The lowest BCUT2D eigenvalue weighted by Gasteiger charge is -2.39. The molecule has 0 aliphatic heterocycles. The van der Waals surface area contributed by atoms with Crippen molar-refractivity contribution < 1.29 is 22.1 Å². The van der Waals surface area contributed by atoms with Crippen LogP contribution in [0.25, 0.3) is 0 Å². The monoisotopic (exact) mass is 394 g/mol. The van der Waals surface area contributed by atoms with Gasteiger partial charge in [0.2, 0.25) is 0 Å². The van der Waals surface area contributed by atoms with Crippen LogP contribution in [0, 0.1) is 0 Å². The van der Waals surface area contributed by atoms with Crippen molar-refractivity contribution in [2.45, 2.75) is 18.1 Å². The number of hydrogen-bond acceptors (Lipinski definition) is 5. The van der Waals surface area contributed by atoms with E-state index in [1.54, 1.807) is 35.5 Å². The molecule has 104 valence electrons. The van der Waals surface area contributed by atoms with Gasteiger partial charge >= 0.3 is 17.4 Å². The van der Waals surface area contributed by atoms with Gasteiger partial charge in [-0.15, -0.1) is 0 Å². The molecule has 1 atom stereocenters. The number of alkyl halides is 1. The van der Waals surface area contributed by atoms with Crippen LogP contribution in [0.5, 0.6) is 0 Å². The molecular formula is C9H23IO5Si2. The zero-order valence-electron chi connectivity index (χ0n) is 11.4. The van der Waals surface area contributed by atoms with Crippen molar-refractivity contribution in [3.63, 3.8) is 0 Å². The van der Waals surface area contributed by atoms with Crippen molar-refractivity contribution in [2.75, 3.05) is 40.0 Å². The molecule has 0 aromatic rings. The van der Waals surface area contributed by atoms with E-state index in [0.29, 0.717) is 0 Å². The third kappa shape index (κ3) is 3.72. The Morgan fingerprint density at radius 2 is 1.29 bits per heavy atom. The van der Waals surface area contributed by atoms with Gasteiger partial charge in [0.05, 0.1) is 5.16 Å². The molecule has 8 heteroatoms. The lowest BCUT2D eigenvalue weighted by atomic mass is 10.9. The van der Waals surface area contributed by atoms with E-state index < -0.39 is 17.4 Å². The first-order valence-electron chi connectivity index (χ1n) is 5.34. The highest BCUT2D eigenvalue weighted by Crippen LogP contribution is 2.36. The SMILES string of the molecule is CO[Si](CCI)(OC)C(C)[Si](OC)(OC)OC. The van der Waals surface area contributed by atoms with Crippen LogP contribution < -0.4 is 0 Å². The minimum absolute atomic E-state index is 0.0137. The van der Waals surface area contributed by atoms with Crippen molar-refractivity contribution >= 4 is 40.0 Å². The molecule has 0 bridgehead atoms. The molecule has 17 heavy (non-hydrogen) atoms. The Balaban J connectivity index is 5.22. The van der Waals surface area contributed by atoms with Crippen molar-refractivity contribution in [1.82, 2.24) is 0 Å². The Labute approximate surface area is 120 Å². The second-order valence-corrected chi connectivity index (χ2v) is 12.4. The van der Waals surface area contributed by atoms with Gasteiger partial charge in [0.1, 0.15) is 0 Å². The Kier molecular flexibility index (Phi) is 8.66. The summed E-state index contributed by atoms with van der Waals surface area (Å²) in [6.45, 7) is 2.04. The van der Waals surface area contributed by atoms with Gasteiger partial charge in [-0.2, -0.15) is 0 Å². The quantitative estimate of drug-likeness (QED) is 0.340. The lowest BCUT2D eigenvalue weighted by Crippen LogP contribution is -2.60. The molecule has 5 nitrogen and oxygen atoms in total. The molecule has 0 aliphatic rings. The van der Waals surface area contributed by atoms with E-state index in [9.17, 15) is 0 Å². The van der Waals surface area contributed by atoms with Crippen LogP contribution in [0.3, 0.4) is 0 Å². The average Bonchev–Trinajstić information content (AvgIpc) is 2.38. The van der Waals surface area contributed by atoms with Gasteiger partial charge in [0.25, 0.3) is 0 Å². The number of halogens is 1. The fourth-order valence-corrected chi connectivity index (χ4v) is 12.2. The van der Waals surface area contributed by atoms with E-state index in [-0.39, 0.29) is 5.16 Å². The van der Waals surface area contributed by atoms with Gasteiger partial charge in [-0.3, -0.25) is 0 Å². The molecule has 0 spiro atoms. The lowest BCUT2D eigenvalue weighted by molar-refractivity contribution is 0.111. The molecule has 0 aliphatic carbocycles. The summed E-state index contributed by atoms with van der Waals surface area (Å²) in [6.07, 6.45) is 0. The zero-order valence-corrected chi connectivity index (χ0v) is 15.6. The largest absolute Gasteiger partial charge is 0.505 e. The van der Waals surface area contributed by atoms with Crippen LogP contribution >= 0.6 is 22.6 Å². The van der Waals surface area contributed by atoms with Crippen molar-refractivity contribution in [3.8, 4) is 0 Å². The van der Waals surface area contributed by atoms with Gasteiger partial charge in [0, 0.05) is 46.0 Å². The maximum Gasteiger partial charge on any atom is 0.505 e. The Hall–Kier alpha value is 0.964. The van der Waals surface area contributed by atoms with Crippen molar-refractivity contribution in [2.24, 2.45) is 0 Å². The first kappa shape index (κ1) is 18.0. The standard InChI is InChI=1S/C9H23IO5Si2/c1-9(17(13-4,14-5)15-6)16(11-2,12-3)8-7-10/h9H,7-8H2,1-6H3. The second-order valence-electron chi connectivity index (χ2n) is 3.60. The molecule has 0 N–H and O–H groups in total. The Morgan fingerprint density at radius 1 is 0.882 bits per heavy atom. The van der Waals surface area contributed by atoms with Crippen LogP contribution in [0.1, 0.15) is 6.92 Å². The van der Waals surface area contributed by atoms with E-state index >= 15 is 0 Å². The predicted molar refractivity (Wildman–Crippen MR) is 79.7 cm³/mol. The normalized spacial score (nSPS) is 15.0. The molecule has 0 heterocycles. The second kappa shape index (κ2) is 8.20. The smallest absolute Gasteiger partial charge is 0.397 e. The molecule has 0 fully saturated rings. The number of rotatable bonds is 9. The van der Waals surface area contributed by atoms with Crippen LogP contribution in [0.15, 0.2) is 0 Å². The molecule has 0 amide bonds. The van der Waals surface area contributed by atoms with Crippen LogP contribution in [0.4, 0.5) is 0 Å². The van der Waals surface area contributed by atoms with E-state index in [4.69, 9.17) is 22.1 Å². The molecule has 1 unspecified atom stereocenters. The highest BCUT2D eigenvalue weighted by molar-refractivity contribution is 14.1. The van der Waals surface area contributed by atoms with Crippen molar-refractivity contribution in [3.05, 3.63) is 0 Å².